The maximum Gasteiger partial charge on any atom is 0.246 e. The molecule has 84 heavy (non-hydrogen) atoms. The Morgan fingerprint density at radius 2 is 1.39 bits per heavy atom. The Morgan fingerprint density at radius 3 is 2.05 bits per heavy atom. The number of aromatic amines is 1. The van der Waals surface area contributed by atoms with Crippen LogP contribution in [0.1, 0.15) is 77.5 Å². The van der Waals surface area contributed by atoms with Crippen molar-refractivity contribution in [1.82, 2.24) is 63.1 Å². The summed E-state index contributed by atoms with van der Waals surface area (Å²) in [5.41, 5.74) is 1.97. The molecule has 29 heteroatoms. The topological polar surface area (TPSA) is 425 Å². The average Bonchev–Trinajstić information content (AvgIpc) is 2.74. The van der Waals surface area contributed by atoms with Crippen molar-refractivity contribution >= 4 is 86.6 Å². The molecule has 2 aliphatic rings. The number of fused-ring (bicyclic) bond motifs is 2. The number of benzene rings is 2. The summed E-state index contributed by atoms with van der Waals surface area (Å²) >= 11 is 0. The first kappa shape index (κ1) is 66.9. The van der Waals surface area contributed by atoms with Gasteiger partial charge in [-0.05, 0) is 48.6 Å². The van der Waals surface area contributed by atoms with Crippen LogP contribution < -0.4 is 53.2 Å². The highest BCUT2D eigenvalue weighted by Crippen LogP contribution is 2.28. The zero-order valence-electron chi connectivity index (χ0n) is 47.9. The molecule has 2 aromatic carbocycles. The molecular formula is C55H78N12O16S. The number of H-pyrrole nitrogens is 1. The van der Waals surface area contributed by atoms with Crippen molar-refractivity contribution in [2.24, 2.45) is 11.8 Å². The van der Waals surface area contributed by atoms with Crippen molar-refractivity contribution in [3.63, 3.8) is 0 Å². The van der Waals surface area contributed by atoms with Crippen LogP contribution in [0.15, 0.2) is 47.5 Å². The molecule has 0 radical (unpaired) electrons. The van der Waals surface area contributed by atoms with Crippen LogP contribution in [0.5, 0.6) is 5.75 Å². The molecule has 11 atom stereocenters. The molecule has 28 nitrogen and oxygen atoms in total. The highest BCUT2D eigenvalue weighted by atomic mass is 32.2. The molecule has 0 spiro atoms. The van der Waals surface area contributed by atoms with Gasteiger partial charge < -0.3 is 83.5 Å². The minimum atomic E-state index is -2.19. The number of nitrogens with one attached hydrogen (secondary N) is 11. The van der Waals surface area contributed by atoms with Gasteiger partial charge >= 0.3 is 0 Å². The smallest absolute Gasteiger partial charge is 0.246 e. The summed E-state index contributed by atoms with van der Waals surface area (Å²) in [6, 6.07) is 1.84. The fourth-order valence-electron chi connectivity index (χ4n) is 9.22. The summed E-state index contributed by atoms with van der Waals surface area (Å²) in [6.45, 7) is 7.78. The number of aromatic nitrogens is 1. The van der Waals surface area contributed by atoms with E-state index in [2.05, 4.69) is 58.2 Å². The number of phenolic OH excluding ortho intramolecular Hbond substituents is 1. The molecule has 3 heterocycles. The first-order valence-corrected chi connectivity index (χ1v) is 28.9. The highest BCUT2D eigenvalue weighted by Gasteiger charge is 2.44. The third-order valence-corrected chi connectivity index (χ3v) is 16.0. The second-order valence-corrected chi connectivity index (χ2v) is 22.8. The van der Waals surface area contributed by atoms with E-state index in [4.69, 9.17) is 0 Å². The van der Waals surface area contributed by atoms with E-state index in [-0.39, 0.29) is 48.0 Å². The first-order chi connectivity index (χ1) is 39.7. The summed E-state index contributed by atoms with van der Waals surface area (Å²) in [5.74, 6) is -12.1. The normalized spacial score (nSPS) is 22.8. The van der Waals surface area contributed by atoms with Crippen LogP contribution in [0.2, 0.25) is 0 Å². The molecule has 0 saturated carbocycles. The van der Waals surface area contributed by atoms with Gasteiger partial charge in [-0.1, -0.05) is 65.3 Å². The molecule has 0 aliphatic carbocycles. The van der Waals surface area contributed by atoms with E-state index in [0.717, 1.165) is 4.90 Å². The number of amides is 10. The molecule has 2 fully saturated rings. The van der Waals surface area contributed by atoms with Crippen molar-refractivity contribution in [2.75, 3.05) is 45.1 Å². The fraction of sp³-hybridized carbons (Fsp3) is 0.545. The van der Waals surface area contributed by atoms with E-state index in [0.29, 0.717) is 34.0 Å². The Hall–Kier alpha value is -7.86. The Morgan fingerprint density at radius 1 is 0.762 bits per heavy atom. The summed E-state index contributed by atoms with van der Waals surface area (Å²) < 4.78 is 14.3. The van der Waals surface area contributed by atoms with Gasteiger partial charge in [0.15, 0.2) is 5.78 Å². The van der Waals surface area contributed by atoms with Gasteiger partial charge in [-0.3, -0.25) is 56.9 Å². The molecule has 3 aromatic rings. The highest BCUT2D eigenvalue weighted by molar-refractivity contribution is 7.85. The summed E-state index contributed by atoms with van der Waals surface area (Å²) in [6.07, 6.45) is -4.01. The number of rotatable bonds is 19. The zero-order chi connectivity index (χ0) is 62.1. The number of phenols is 1. The van der Waals surface area contributed by atoms with Gasteiger partial charge in [-0.2, -0.15) is 0 Å². The monoisotopic (exact) mass is 1190 g/mol. The predicted octanol–water partition coefficient (Wildman–Crippen LogP) is -4.09. The summed E-state index contributed by atoms with van der Waals surface area (Å²) in [7, 11) is -2.19. The quantitative estimate of drug-likeness (QED) is 0.0543. The summed E-state index contributed by atoms with van der Waals surface area (Å²) in [4.78, 5) is 154. The van der Waals surface area contributed by atoms with E-state index in [1.165, 1.54) is 19.1 Å². The van der Waals surface area contributed by atoms with Crippen LogP contribution in [0.3, 0.4) is 0 Å². The van der Waals surface area contributed by atoms with Crippen LogP contribution in [-0.4, -0.2) is 199 Å². The largest absolute Gasteiger partial charge is 0.508 e. The number of Topliss-reactive ketones (excluding diaryl/α,β-unsaturated/α-hetero) is 1. The van der Waals surface area contributed by atoms with Gasteiger partial charge in [-0.25, -0.2) is 0 Å². The van der Waals surface area contributed by atoms with Gasteiger partial charge in [0, 0.05) is 49.3 Å². The minimum absolute atomic E-state index is 0.0243. The number of carbonyl (C=O) groups is 11. The Balaban J connectivity index is 1.49. The number of aromatic hydroxyl groups is 1. The molecule has 10 amide bonds. The van der Waals surface area contributed by atoms with Gasteiger partial charge in [0.25, 0.3) is 0 Å². The van der Waals surface area contributed by atoms with Crippen molar-refractivity contribution in [3.05, 3.63) is 59.2 Å². The average molecular weight is 1200 g/mol. The Labute approximate surface area is 487 Å². The maximum atomic E-state index is 14.9. The molecule has 0 bridgehead atoms. The van der Waals surface area contributed by atoms with E-state index in [1.54, 1.807) is 58.0 Å². The van der Waals surface area contributed by atoms with Crippen molar-refractivity contribution in [3.8, 4) is 5.75 Å². The second-order valence-electron chi connectivity index (χ2n) is 21.4. The standard InChI is InChI=1S/C55H78N12O16S/c1-8-28(4)48-52(80)60-23-46(76)62-39(26-84(83)54-29(5)36-14-13-34(69)16-37(36)64-54)50(78)63-38(18-43(73)57-19-33-11-9-32(10-12-33)15-41(71)31(7)61-45(75)21-56-27(2)3)55(82)67-24-35(70)17-40(67)51(79)66-49(30(6)42(72)25-68)53(81)59-20-44(74)58-22-47(77)65-48/h9-14,16,27-28,30-31,35,38-40,42,48-49,56,64,68-70,72H,8,15,17-26H2,1-7H3,(H,57,73)(H,58,74)(H,59,81)(H,60,80)(H,61,75)(H,62,76)(H,63,78)(H,65,77)(H,66,79)/t28?,30-,31?,35+,38?,39-,40?,42?,48?,49?,84?/m0/s1. The lowest BCUT2D eigenvalue weighted by molar-refractivity contribution is -0.144. The van der Waals surface area contributed by atoms with E-state index in [9.17, 15) is 77.4 Å². The number of nitrogens with zero attached hydrogens (tertiary/aromatic N) is 1. The number of ketones is 1. The molecule has 5 rings (SSSR count). The fourth-order valence-corrected chi connectivity index (χ4v) is 10.6. The predicted molar refractivity (Wildman–Crippen MR) is 303 cm³/mol. The van der Waals surface area contributed by atoms with Gasteiger partial charge in [0.2, 0.25) is 59.1 Å². The van der Waals surface area contributed by atoms with E-state index < -0.39 is 176 Å². The summed E-state index contributed by atoms with van der Waals surface area (Å²) in [5, 5.41) is 67.5. The Bertz CT molecular complexity index is 2940. The minimum Gasteiger partial charge on any atom is -0.508 e. The zero-order valence-corrected chi connectivity index (χ0v) is 48.7. The van der Waals surface area contributed by atoms with Crippen LogP contribution in [0, 0.1) is 18.8 Å². The molecule has 15 N–H and O–H groups in total. The van der Waals surface area contributed by atoms with E-state index in [1.807, 2.05) is 13.8 Å². The van der Waals surface area contributed by atoms with Crippen LogP contribution >= 0.6 is 0 Å². The second kappa shape index (κ2) is 31.2. The van der Waals surface area contributed by atoms with Gasteiger partial charge in [0.1, 0.15) is 41.0 Å². The number of aliphatic hydroxyl groups is 3. The lowest BCUT2D eigenvalue weighted by Crippen LogP contribution is -2.61. The number of hydrogen-bond donors (Lipinski definition) is 15. The number of carbonyl (C=O) groups excluding carboxylic acids is 11. The molecular weight excluding hydrogens is 1120 g/mol. The number of aryl methyl sites for hydroxylation is 1. The van der Waals surface area contributed by atoms with E-state index >= 15 is 0 Å². The van der Waals surface area contributed by atoms with Crippen LogP contribution in [-0.2, 0) is 76.5 Å². The van der Waals surface area contributed by atoms with Gasteiger partial charge in [-0.15, -0.1) is 0 Å². The third kappa shape index (κ3) is 19.1. The van der Waals surface area contributed by atoms with Crippen molar-refractivity contribution < 1.29 is 77.4 Å². The first-order valence-electron chi connectivity index (χ1n) is 27.6. The van der Waals surface area contributed by atoms with Crippen molar-refractivity contribution in [2.45, 2.75) is 140 Å². The number of hydrogen-bond acceptors (Lipinski definition) is 17. The molecule has 2 aliphatic heterocycles. The Kier molecular flexibility index (Phi) is 24.8. The third-order valence-electron chi connectivity index (χ3n) is 14.5. The molecule has 2 saturated heterocycles. The van der Waals surface area contributed by atoms with Crippen LogP contribution in [0.25, 0.3) is 10.9 Å². The molecule has 1 aromatic heterocycles. The van der Waals surface area contributed by atoms with Gasteiger partial charge in [0.05, 0.1) is 79.5 Å². The lowest BCUT2D eigenvalue weighted by Gasteiger charge is -2.32. The molecule has 460 valence electrons. The van der Waals surface area contributed by atoms with Crippen molar-refractivity contribution in [1.29, 1.82) is 0 Å². The maximum absolute atomic E-state index is 14.9. The number of aliphatic hydroxyl groups excluding tert-OH is 3. The van der Waals surface area contributed by atoms with Crippen LogP contribution in [0.4, 0.5) is 0 Å². The lowest BCUT2D eigenvalue weighted by atomic mass is 9.94. The SMILES string of the molecule is CCC(C)C1NC(=O)CNC(=O)CNC(=O)C([C@@H](C)C(O)CO)NC(=O)C2C[C@@H](O)CN2C(=O)C(CC(=O)NCc2ccc(CC(=O)C(C)NC(=O)CNC(C)C)cc2)NC(=O)[C@H](CS(=O)c2[nH]c3cc(O)ccc3c2C)NC(=O)CNC1=O. The molecule has 8 unspecified atom stereocenters.